The van der Waals surface area contributed by atoms with E-state index in [2.05, 4.69) is 10.2 Å². The molecule has 1 heterocycles. The number of alkyl halides is 3. The molecule has 0 spiro atoms. The highest BCUT2D eigenvalue weighted by atomic mass is 19.4. The lowest BCUT2D eigenvalue weighted by Crippen LogP contribution is -2.06. The van der Waals surface area contributed by atoms with Crippen LogP contribution in [0.5, 0.6) is 0 Å². The van der Waals surface area contributed by atoms with Gasteiger partial charge in [-0.05, 0) is 19.1 Å². The minimum Gasteiger partial charge on any atom is -0.323 e. The summed E-state index contributed by atoms with van der Waals surface area (Å²) in [5, 5.41) is 7.09. The molecule has 6 heteroatoms. The zero-order chi connectivity index (χ0) is 11.9. The van der Waals surface area contributed by atoms with Gasteiger partial charge >= 0.3 is 6.18 Å². The molecule has 0 amide bonds. The Hall–Kier alpha value is -1.56. The van der Waals surface area contributed by atoms with Gasteiger partial charge in [0.25, 0.3) is 0 Å². The summed E-state index contributed by atoms with van der Waals surface area (Å²) in [6.45, 7) is 1.74. The van der Waals surface area contributed by atoms with E-state index >= 15 is 0 Å². The summed E-state index contributed by atoms with van der Waals surface area (Å²) >= 11 is 0. The van der Waals surface area contributed by atoms with Crippen LogP contribution in [-0.2, 0) is 6.18 Å². The molecule has 1 aromatic carbocycles. The largest absolute Gasteiger partial charge is 0.416 e. The Labute approximate surface area is 89.4 Å². The maximum Gasteiger partial charge on any atom is 0.416 e. The number of H-pyrrole nitrogens is 1. The molecule has 0 bridgehead atoms. The van der Waals surface area contributed by atoms with Crippen LogP contribution in [0, 0.1) is 0 Å². The molecule has 0 fully saturated rings. The molecule has 0 saturated carbocycles. The minimum absolute atomic E-state index is 0.280. The maximum absolute atomic E-state index is 12.4. The van der Waals surface area contributed by atoms with E-state index in [0.717, 1.165) is 12.1 Å². The van der Waals surface area contributed by atoms with Crippen LogP contribution in [0.15, 0.2) is 18.2 Å². The number of rotatable bonds is 1. The molecule has 1 aromatic heterocycles. The van der Waals surface area contributed by atoms with Crippen LogP contribution in [-0.4, -0.2) is 10.2 Å². The lowest BCUT2D eigenvalue weighted by Gasteiger charge is -2.06. The second-order valence-electron chi connectivity index (χ2n) is 3.66. The summed E-state index contributed by atoms with van der Waals surface area (Å²) in [6.07, 6.45) is -4.35. The van der Waals surface area contributed by atoms with Crippen molar-refractivity contribution in [3.63, 3.8) is 0 Å². The van der Waals surface area contributed by atoms with E-state index in [4.69, 9.17) is 5.73 Å². The smallest absolute Gasteiger partial charge is 0.323 e. The number of nitrogens with two attached hydrogens (primary N) is 1. The van der Waals surface area contributed by atoms with Gasteiger partial charge in [-0.3, -0.25) is 5.10 Å². The van der Waals surface area contributed by atoms with Crippen molar-refractivity contribution in [2.24, 2.45) is 5.73 Å². The molecule has 86 valence electrons. The Bertz CT molecular complexity index is 513. The maximum atomic E-state index is 12.4. The molecule has 2 aromatic rings. The summed E-state index contributed by atoms with van der Waals surface area (Å²) in [4.78, 5) is 0. The fraction of sp³-hybridized carbons (Fsp3) is 0.300. The number of hydrogen-bond donors (Lipinski definition) is 2. The lowest BCUT2D eigenvalue weighted by molar-refractivity contribution is -0.137. The van der Waals surface area contributed by atoms with Crippen molar-refractivity contribution in [2.75, 3.05) is 0 Å². The first kappa shape index (κ1) is 10.9. The highest BCUT2D eigenvalue weighted by molar-refractivity contribution is 5.82. The van der Waals surface area contributed by atoms with Gasteiger partial charge in [-0.15, -0.1) is 0 Å². The van der Waals surface area contributed by atoms with Crippen LogP contribution in [0.3, 0.4) is 0 Å². The van der Waals surface area contributed by atoms with Gasteiger partial charge in [0.15, 0.2) is 0 Å². The zero-order valence-corrected chi connectivity index (χ0v) is 8.47. The molecule has 0 saturated heterocycles. The Morgan fingerprint density at radius 3 is 2.62 bits per heavy atom. The van der Waals surface area contributed by atoms with Gasteiger partial charge in [0.2, 0.25) is 0 Å². The minimum atomic E-state index is -4.35. The molecule has 3 nitrogen and oxygen atoms in total. The van der Waals surface area contributed by atoms with E-state index in [9.17, 15) is 13.2 Å². The average molecular weight is 229 g/mol. The van der Waals surface area contributed by atoms with Crippen LogP contribution >= 0.6 is 0 Å². The molecule has 16 heavy (non-hydrogen) atoms. The van der Waals surface area contributed by atoms with Gasteiger partial charge in [-0.1, -0.05) is 6.07 Å². The summed E-state index contributed by atoms with van der Waals surface area (Å²) < 4.78 is 37.3. The number of aromatic nitrogens is 2. The SMILES string of the molecule is CC(N)c1[nH]nc2cc(C(F)(F)F)ccc12. The van der Waals surface area contributed by atoms with E-state index in [0.29, 0.717) is 11.1 Å². The molecule has 0 aliphatic carbocycles. The topological polar surface area (TPSA) is 54.7 Å². The van der Waals surface area contributed by atoms with Crippen LogP contribution in [0.4, 0.5) is 13.2 Å². The fourth-order valence-corrected chi connectivity index (χ4v) is 1.56. The summed E-state index contributed by atoms with van der Waals surface area (Å²) in [5.41, 5.74) is 5.87. The van der Waals surface area contributed by atoms with Crippen molar-refractivity contribution in [3.8, 4) is 0 Å². The highest BCUT2D eigenvalue weighted by Crippen LogP contribution is 2.32. The number of nitrogens with one attached hydrogen (secondary N) is 1. The van der Waals surface area contributed by atoms with Crippen molar-refractivity contribution in [2.45, 2.75) is 19.1 Å². The van der Waals surface area contributed by atoms with Gasteiger partial charge < -0.3 is 5.73 Å². The third-order valence-corrected chi connectivity index (χ3v) is 2.37. The van der Waals surface area contributed by atoms with Crippen LogP contribution in [0.2, 0.25) is 0 Å². The number of fused-ring (bicyclic) bond motifs is 1. The van der Waals surface area contributed by atoms with Crippen LogP contribution in [0.25, 0.3) is 10.9 Å². The van der Waals surface area contributed by atoms with E-state index in [1.165, 1.54) is 6.07 Å². The van der Waals surface area contributed by atoms with Gasteiger partial charge in [-0.25, -0.2) is 0 Å². The van der Waals surface area contributed by atoms with Crippen molar-refractivity contribution >= 4 is 10.9 Å². The van der Waals surface area contributed by atoms with Crippen LogP contribution < -0.4 is 5.73 Å². The van der Waals surface area contributed by atoms with Crippen molar-refractivity contribution in [1.29, 1.82) is 0 Å². The number of nitrogens with zero attached hydrogens (tertiary/aromatic N) is 1. The van der Waals surface area contributed by atoms with Gasteiger partial charge in [0.05, 0.1) is 16.8 Å². The Morgan fingerprint density at radius 1 is 1.38 bits per heavy atom. The monoisotopic (exact) mass is 229 g/mol. The second-order valence-corrected chi connectivity index (χ2v) is 3.66. The molecule has 1 atom stereocenters. The standard InChI is InChI=1S/C10H10F3N3/c1-5(14)9-7-3-2-6(10(11,12)13)4-8(7)15-16-9/h2-5H,14H2,1H3,(H,15,16). The third-order valence-electron chi connectivity index (χ3n) is 2.37. The molecule has 2 rings (SSSR count). The molecule has 0 aliphatic rings. The van der Waals surface area contributed by atoms with E-state index < -0.39 is 11.7 Å². The molecule has 0 radical (unpaired) electrons. The van der Waals surface area contributed by atoms with Gasteiger partial charge in [-0.2, -0.15) is 18.3 Å². The Kier molecular flexibility index (Phi) is 2.38. The molecular weight excluding hydrogens is 219 g/mol. The van der Waals surface area contributed by atoms with Crippen molar-refractivity contribution < 1.29 is 13.2 Å². The Balaban J connectivity index is 2.58. The van der Waals surface area contributed by atoms with E-state index in [-0.39, 0.29) is 11.6 Å². The summed E-state index contributed by atoms with van der Waals surface area (Å²) in [5.74, 6) is 0. The first-order chi connectivity index (χ1) is 7.39. The number of benzene rings is 1. The molecule has 0 aliphatic heterocycles. The zero-order valence-electron chi connectivity index (χ0n) is 8.47. The molecule has 1 unspecified atom stereocenters. The normalized spacial score (nSPS) is 14.3. The molecular formula is C10H10F3N3. The van der Waals surface area contributed by atoms with E-state index in [1.54, 1.807) is 6.92 Å². The first-order valence-corrected chi connectivity index (χ1v) is 4.70. The number of halogens is 3. The van der Waals surface area contributed by atoms with Gasteiger partial charge in [0.1, 0.15) is 0 Å². The fourth-order valence-electron chi connectivity index (χ4n) is 1.56. The second kappa shape index (κ2) is 3.48. The van der Waals surface area contributed by atoms with Crippen LogP contribution in [0.1, 0.15) is 24.2 Å². The highest BCUT2D eigenvalue weighted by Gasteiger charge is 2.30. The van der Waals surface area contributed by atoms with E-state index in [1.807, 2.05) is 0 Å². The predicted octanol–water partition coefficient (Wildman–Crippen LogP) is 2.60. The van der Waals surface area contributed by atoms with Crippen molar-refractivity contribution in [3.05, 3.63) is 29.5 Å². The number of aromatic amines is 1. The predicted molar refractivity (Wildman–Crippen MR) is 53.7 cm³/mol. The lowest BCUT2D eigenvalue weighted by atomic mass is 10.1. The molecule has 3 N–H and O–H groups in total. The third kappa shape index (κ3) is 1.76. The van der Waals surface area contributed by atoms with Gasteiger partial charge in [0, 0.05) is 11.4 Å². The summed E-state index contributed by atoms with van der Waals surface area (Å²) in [6, 6.07) is 3.14. The van der Waals surface area contributed by atoms with Crippen molar-refractivity contribution in [1.82, 2.24) is 10.2 Å². The Morgan fingerprint density at radius 2 is 2.06 bits per heavy atom. The number of hydrogen-bond acceptors (Lipinski definition) is 2. The first-order valence-electron chi connectivity index (χ1n) is 4.70. The summed E-state index contributed by atoms with van der Waals surface area (Å²) in [7, 11) is 0. The quantitative estimate of drug-likeness (QED) is 0.789. The average Bonchev–Trinajstić information content (AvgIpc) is 2.58.